The fraction of sp³-hybridized carbons (Fsp3) is 0.706. The minimum absolute atomic E-state index is 0.101. The maximum Gasteiger partial charge on any atom is 0.245 e. The Balaban J connectivity index is 2.25. The highest BCUT2D eigenvalue weighted by atomic mass is 32.2. The molecule has 2 unspecified atom stereocenters. The largest absolute Gasteiger partial charge is 0.372 e. The van der Waals surface area contributed by atoms with Crippen molar-refractivity contribution >= 4 is 15.8 Å². The molecule has 0 radical (unpaired) electrons. The summed E-state index contributed by atoms with van der Waals surface area (Å²) in [4.78, 5) is 6.78. The predicted octanol–water partition coefficient (Wildman–Crippen LogP) is 2.50. The van der Waals surface area contributed by atoms with Crippen LogP contribution in [0.15, 0.2) is 23.2 Å². The first kappa shape index (κ1) is 19.1. The number of morpholine rings is 1. The Bertz CT molecular complexity index is 626. The molecule has 6 nitrogen and oxygen atoms in total. The molecule has 136 valence electrons. The summed E-state index contributed by atoms with van der Waals surface area (Å²) >= 11 is 0. The van der Waals surface area contributed by atoms with E-state index in [1.165, 1.54) is 10.5 Å². The van der Waals surface area contributed by atoms with Gasteiger partial charge >= 0.3 is 0 Å². The molecule has 0 saturated carbocycles. The lowest BCUT2D eigenvalue weighted by Crippen LogP contribution is -2.46. The van der Waals surface area contributed by atoms with E-state index in [-0.39, 0.29) is 29.2 Å². The molecule has 2 heterocycles. The molecule has 0 aromatic carbocycles. The second-order valence-electron chi connectivity index (χ2n) is 7.04. The van der Waals surface area contributed by atoms with Gasteiger partial charge in [-0.05, 0) is 53.7 Å². The predicted molar refractivity (Wildman–Crippen MR) is 95.8 cm³/mol. The van der Waals surface area contributed by atoms with E-state index in [0.29, 0.717) is 0 Å². The number of sulfonamides is 1. The Morgan fingerprint density at radius 2 is 1.67 bits per heavy atom. The molecule has 0 amide bonds. The molecular weight excluding hydrogens is 326 g/mol. The molecule has 7 heteroatoms. The van der Waals surface area contributed by atoms with Gasteiger partial charge in [0.15, 0.2) is 0 Å². The van der Waals surface area contributed by atoms with Crippen LogP contribution in [0, 0.1) is 0 Å². The quantitative estimate of drug-likeness (QED) is 0.812. The van der Waals surface area contributed by atoms with E-state index in [1.54, 1.807) is 12.1 Å². The van der Waals surface area contributed by atoms with E-state index in [4.69, 9.17) is 4.74 Å². The SMILES string of the molecule is CC1CN(c2ccc(S(=O)(=O)N(C(C)C)C(C)C)cn2)CC(C)O1. The summed E-state index contributed by atoms with van der Waals surface area (Å²) in [5.74, 6) is 0.789. The van der Waals surface area contributed by atoms with Crippen LogP contribution < -0.4 is 4.90 Å². The van der Waals surface area contributed by atoms with Crippen LogP contribution in [0.5, 0.6) is 0 Å². The normalized spacial score (nSPS) is 22.6. The van der Waals surface area contributed by atoms with Gasteiger partial charge in [0, 0.05) is 31.4 Å². The molecule has 1 aliphatic heterocycles. The molecule has 0 aliphatic carbocycles. The van der Waals surface area contributed by atoms with Crippen LogP contribution in [-0.2, 0) is 14.8 Å². The molecule has 0 bridgehead atoms. The summed E-state index contributed by atoms with van der Waals surface area (Å²) in [5, 5.41) is 0. The third-order valence-electron chi connectivity index (χ3n) is 4.06. The minimum atomic E-state index is -3.54. The van der Waals surface area contributed by atoms with Crippen molar-refractivity contribution in [3.05, 3.63) is 18.3 Å². The number of pyridine rings is 1. The zero-order valence-corrected chi connectivity index (χ0v) is 16.2. The molecule has 1 saturated heterocycles. The van der Waals surface area contributed by atoms with Gasteiger partial charge in [-0.2, -0.15) is 4.31 Å². The van der Waals surface area contributed by atoms with Gasteiger partial charge in [0.2, 0.25) is 10.0 Å². The van der Waals surface area contributed by atoms with Gasteiger partial charge in [-0.15, -0.1) is 0 Å². The second-order valence-corrected chi connectivity index (χ2v) is 8.88. The van der Waals surface area contributed by atoms with Gasteiger partial charge in [0.1, 0.15) is 10.7 Å². The fourth-order valence-electron chi connectivity index (χ4n) is 3.35. The lowest BCUT2D eigenvalue weighted by Gasteiger charge is -2.36. The van der Waals surface area contributed by atoms with E-state index >= 15 is 0 Å². The van der Waals surface area contributed by atoms with Gasteiger partial charge in [0.25, 0.3) is 0 Å². The van der Waals surface area contributed by atoms with Crippen molar-refractivity contribution in [2.45, 2.75) is 70.7 Å². The van der Waals surface area contributed by atoms with Crippen LogP contribution in [0.1, 0.15) is 41.5 Å². The molecular formula is C17H29N3O3S. The van der Waals surface area contributed by atoms with E-state index in [9.17, 15) is 8.42 Å². The Labute approximate surface area is 145 Å². The number of hydrogen-bond donors (Lipinski definition) is 0. The zero-order chi connectivity index (χ0) is 18.1. The Kier molecular flexibility index (Phi) is 5.88. The van der Waals surface area contributed by atoms with E-state index in [0.717, 1.165) is 18.9 Å². The van der Waals surface area contributed by atoms with Crippen LogP contribution in [0.2, 0.25) is 0 Å². The molecule has 0 spiro atoms. The van der Waals surface area contributed by atoms with Crippen LogP contribution >= 0.6 is 0 Å². The maximum absolute atomic E-state index is 12.9. The fourth-order valence-corrected chi connectivity index (χ4v) is 5.13. The van der Waals surface area contributed by atoms with Crippen molar-refractivity contribution in [3.8, 4) is 0 Å². The van der Waals surface area contributed by atoms with E-state index in [2.05, 4.69) is 9.88 Å². The lowest BCUT2D eigenvalue weighted by molar-refractivity contribution is -0.00546. The zero-order valence-electron chi connectivity index (χ0n) is 15.4. The van der Waals surface area contributed by atoms with Gasteiger partial charge < -0.3 is 9.64 Å². The van der Waals surface area contributed by atoms with Crippen molar-refractivity contribution in [2.75, 3.05) is 18.0 Å². The Morgan fingerprint density at radius 1 is 1.12 bits per heavy atom. The lowest BCUT2D eigenvalue weighted by atomic mass is 10.2. The van der Waals surface area contributed by atoms with Gasteiger partial charge in [-0.3, -0.25) is 0 Å². The van der Waals surface area contributed by atoms with Crippen molar-refractivity contribution < 1.29 is 13.2 Å². The number of nitrogens with zero attached hydrogens (tertiary/aromatic N) is 3. The number of ether oxygens (including phenoxy) is 1. The van der Waals surface area contributed by atoms with Gasteiger partial charge in [-0.25, -0.2) is 13.4 Å². The third-order valence-corrected chi connectivity index (χ3v) is 6.29. The van der Waals surface area contributed by atoms with Crippen LogP contribution in [0.3, 0.4) is 0 Å². The number of rotatable bonds is 5. The topological polar surface area (TPSA) is 62.7 Å². The molecule has 2 rings (SSSR count). The number of aromatic nitrogens is 1. The summed E-state index contributed by atoms with van der Waals surface area (Å²) in [5.41, 5.74) is 0. The summed E-state index contributed by atoms with van der Waals surface area (Å²) in [6.45, 7) is 13.1. The van der Waals surface area contributed by atoms with Gasteiger partial charge in [0.05, 0.1) is 12.2 Å². The van der Waals surface area contributed by atoms with Crippen LogP contribution in [0.25, 0.3) is 0 Å². The first-order valence-electron chi connectivity index (χ1n) is 8.53. The van der Waals surface area contributed by atoms with Crippen LogP contribution in [0.4, 0.5) is 5.82 Å². The minimum Gasteiger partial charge on any atom is -0.372 e. The molecule has 1 aromatic rings. The van der Waals surface area contributed by atoms with Crippen molar-refractivity contribution in [2.24, 2.45) is 0 Å². The maximum atomic E-state index is 12.9. The summed E-state index contributed by atoms with van der Waals surface area (Å²) in [6.07, 6.45) is 1.74. The van der Waals surface area contributed by atoms with Crippen LogP contribution in [-0.4, -0.2) is 55.1 Å². The monoisotopic (exact) mass is 355 g/mol. The molecule has 0 N–H and O–H groups in total. The van der Waals surface area contributed by atoms with Crippen molar-refractivity contribution in [1.82, 2.24) is 9.29 Å². The Hall–Kier alpha value is -1.18. The highest BCUT2D eigenvalue weighted by Gasteiger charge is 2.30. The number of anilines is 1. The smallest absolute Gasteiger partial charge is 0.245 e. The molecule has 1 aliphatic rings. The van der Waals surface area contributed by atoms with E-state index in [1.807, 2.05) is 41.5 Å². The number of hydrogen-bond acceptors (Lipinski definition) is 5. The first-order valence-corrected chi connectivity index (χ1v) is 9.97. The highest BCUT2D eigenvalue weighted by molar-refractivity contribution is 7.89. The summed E-state index contributed by atoms with van der Waals surface area (Å²) < 4.78 is 33.0. The Morgan fingerprint density at radius 3 is 2.08 bits per heavy atom. The molecule has 24 heavy (non-hydrogen) atoms. The molecule has 1 aromatic heterocycles. The summed E-state index contributed by atoms with van der Waals surface area (Å²) in [7, 11) is -3.54. The molecule has 2 atom stereocenters. The average Bonchev–Trinajstić information content (AvgIpc) is 2.45. The molecule has 1 fully saturated rings. The second kappa shape index (κ2) is 7.37. The van der Waals surface area contributed by atoms with E-state index < -0.39 is 10.0 Å². The first-order chi connectivity index (χ1) is 11.1. The standard InChI is InChI=1S/C17H29N3O3S/c1-12(2)20(13(3)4)24(21,22)16-7-8-17(18-9-16)19-10-14(5)23-15(6)11-19/h7-9,12-15H,10-11H2,1-6H3. The summed E-state index contributed by atoms with van der Waals surface area (Å²) in [6, 6.07) is 3.24. The van der Waals surface area contributed by atoms with Crippen molar-refractivity contribution in [1.29, 1.82) is 0 Å². The van der Waals surface area contributed by atoms with Gasteiger partial charge in [-0.1, -0.05) is 0 Å². The van der Waals surface area contributed by atoms with Crippen molar-refractivity contribution in [3.63, 3.8) is 0 Å². The highest BCUT2D eigenvalue weighted by Crippen LogP contribution is 2.23. The average molecular weight is 356 g/mol. The third kappa shape index (κ3) is 4.07.